The SMILES string of the molecule is CNC(C)C1CCCCN1S(=O)(=O)c1cn[nH]c1. The number of likely N-dealkylation sites (N-methyl/N-ethyl adjacent to an activating group) is 1. The van der Waals surface area contributed by atoms with Gasteiger partial charge in [0.1, 0.15) is 4.90 Å². The minimum Gasteiger partial charge on any atom is -0.316 e. The number of aromatic nitrogens is 2. The number of sulfonamides is 1. The molecule has 6 nitrogen and oxygen atoms in total. The summed E-state index contributed by atoms with van der Waals surface area (Å²) in [6, 6.07) is 0.163. The van der Waals surface area contributed by atoms with E-state index in [0.717, 1.165) is 19.3 Å². The first-order chi connectivity index (χ1) is 8.57. The zero-order valence-electron chi connectivity index (χ0n) is 10.8. The Morgan fingerprint density at radius 2 is 2.33 bits per heavy atom. The largest absolute Gasteiger partial charge is 0.316 e. The highest BCUT2D eigenvalue weighted by Crippen LogP contribution is 2.26. The summed E-state index contributed by atoms with van der Waals surface area (Å²) in [6.45, 7) is 2.61. The van der Waals surface area contributed by atoms with Gasteiger partial charge in [-0.2, -0.15) is 9.40 Å². The first-order valence-electron chi connectivity index (χ1n) is 6.25. The second-order valence-electron chi connectivity index (χ2n) is 4.69. The van der Waals surface area contributed by atoms with Crippen molar-refractivity contribution < 1.29 is 8.42 Å². The van der Waals surface area contributed by atoms with E-state index in [2.05, 4.69) is 15.5 Å². The molecule has 102 valence electrons. The van der Waals surface area contributed by atoms with E-state index >= 15 is 0 Å². The minimum absolute atomic E-state index is 0.0173. The molecule has 0 radical (unpaired) electrons. The van der Waals surface area contributed by atoms with Crippen molar-refractivity contribution in [1.82, 2.24) is 19.8 Å². The van der Waals surface area contributed by atoms with Crippen LogP contribution in [0.3, 0.4) is 0 Å². The number of hydrogen-bond donors (Lipinski definition) is 2. The van der Waals surface area contributed by atoms with Crippen LogP contribution >= 0.6 is 0 Å². The molecule has 1 fully saturated rings. The van der Waals surface area contributed by atoms with E-state index in [1.54, 1.807) is 4.31 Å². The fourth-order valence-corrected chi connectivity index (χ4v) is 4.11. The Morgan fingerprint density at radius 3 is 2.94 bits per heavy atom. The van der Waals surface area contributed by atoms with Gasteiger partial charge in [-0.1, -0.05) is 6.42 Å². The summed E-state index contributed by atoms with van der Waals surface area (Å²) in [6.07, 6.45) is 5.70. The molecule has 1 saturated heterocycles. The van der Waals surface area contributed by atoms with Crippen molar-refractivity contribution >= 4 is 10.0 Å². The molecule has 1 aromatic heterocycles. The van der Waals surface area contributed by atoms with E-state index in [9.17, 15) is 8.42 Å². The Hall–Kier alpha value is -0.920. The molecule has 2 heterocycles. The van der Waals surface area contributed by atoms with Crippen LogP contribution in [0.25, 0.3) is 0 Å². The summed E-state index contributed by atoms with van der Waals surface area (Å²) >= 11 is 0. The van der Waals surface area contributed by atoms with Gasteiger partial charge in [-0.25, -0.2) is 8.42 Å². The third-order valence-corrected chi connectivity index (χ3v) is 5.50. The van der Waals surface area contributed by atoms with Crippen LogP contribution < -0.4 is 5.32 Å². The molecule has 0 bridgehead atoms. The molecule has 0 aromatic carbocycles. The highest BCUT2D eigenvalue weighted by Gasteiger charge is 2.36. The molecule has 1 aliphatic rings. The molecule has 18 heavy (non-hydrogen) atoms. The van der Waals surface area contributed by atoms with Crippen LogP contribution in [0.1, 0.15) is 26.2 Å². The molecular formula is C11H20N4O2S. The second kappa shape index (κ2) is 5.38. The van der Waals surface area contributed by atoms with Crippen molar-refractivity contribution in [3.05, 3.63) is 12.4 Å². The highest BCUT2D eigenvalue weighted by atomic mass is 32.2. The molecule has 0 saturated carbocycles. The number of H-pyrrole nitrogens is 1. The summed E-state index contributed by atoms with van der Waals surface area (Å²) in [7, 11) is -1.56. The fraction of sp³-hybridized carbons (Fsp3) is 0.727. The molecule has 0 aliphatic carbocycles. The van der Waals surface area contributed by atoms with E-state index in [4.69, 9.17) is 0 Å². The van der Waals surface area contributed by atoms with Crippen molar-refractivity contribution in [3.63, 3.8) is 0 Å². The Labute approximate surface area is 108 Å². The predicted molar refractivity (Wildman–Crippen MR) is 68.6 cm³/mol. The highest BCUT2D eigenvalue weighted by molar-refractivity contribution is 7.89. The van der Waals surface area contributed by atoms with Crippen molar-refractivity contribution in [2.75, 3.05) is 13.6 Å². The van der Waals surface area contributed by atoms with Crippen LogP contribution in [0.4, 0.5) is 0 Å². The maximum atomic E-state index is 12.5. The van der Waals surface area contributed by atoms with Crippen molar-refractivity contribution in [2.45, 2.75) is 43.2 Å². The van der Waals surface area contributed by atoms with Crippen molar-refractivity contribution in [1.29, 1.82) is 0 Å². The molecule has 0 spiro atoms. The van der Waals surface area contributed by atoms with Crippen molar-refractivity contribution in [3.8, 4) is 0 Å². The van der Waals surface area contributed by atoms with Gasteiger partial charge in [-0.05, 0) is 26.8 Å². The number of rotatable bonds is 4. The molecule has 0 amide bonds. The maximum Gasteiger partial charge on any atom is 0.246 e. The average Bonchev–Trinajstić information content (AvgIpc) is 2.92. The van der Waals surface area contributed by atoms with Crippen LogP contribution in [-0.2, 0) is 10.0 Å². The van der Waals surface area contributed by atoms with E-state index in [0.29, 0.717) is 6.54 Å². The number of nitrogens with zero attached hydrogens (tertiary/aromatic N) is 2. The molecular weight excluding hydrogens is 252 g/mol. The third kappa shape index (κ3) is 2.43. The zero-order chi connectivity index (χ0) is 13.2. The second-order valence-corrected chi connectivity index (χ2v) is 6.58. The number of nitrogens with one attached hydrogen (secondary N) is 2. The Balaban J connectivity index is 2.29. The third-order valence-electron chi connectivity index (χ3n) is 3.61. The van der Waals surface area contributed by atoms with Gasteiger partial charge < -0.3 is 5.32 Å². The van der Waals surface area contributed by atoms with E-state index in [-0.39, 0.29) is 17.0 Å². The maximum absolute atomic E-state index is 12.5. The predicted octanol–water partition coefficient (Wildman–Crippen LogP) is 0.561. The fourth-order valence-electron chi connectivity index (χ4n) is 2.44. The lowest BCUT2D eigenvalue weighted by Gasteiger charge is -2.37. The Bertz CT molecular complexity index is 471. The summed E-state index contributed by atoms with van der Waals surface area (Å²) in [4.78, 5) is 0.248. The van der Waals surface area contributed by atoms with Crippen LogP contribution in [0, 0.1) is 0 Å². The van der Waals surface area contributed by atoms with Gasteiger partial charge in [0, 0.05) is 24.8 Å². The van der Waals surface area contributed by atoms with Crippen LogP contribution in [0.5, 0.6) is 0 Å². The molecule has 1 aromatic rings. The average molecular weight is 272 g/mol. The van der Waals surface area contributed by atoms with Crippen molar-refractivity contribution in [2.24, 2.45) is 0 Å². The molecule has 2 N–H and O–H groups in total. The quantitative estimate of drug-likeness (QED) is 0.839. The zero-order valence-corrected chi connectivity index (χ0v) is 11.6. The van der Waals surface area contributed by atoms with Gasteiger partial charge >= 0.3 is 0 Å². The lowest BCUT2D eigenvalue weighted by molar-refractivity contribution is 0.213. The summed E-state index contributed by atoms with van der Waals surface area (Å²) in [5.41, 5.74) is 0. The smallest absolute Gasteiger partial charge is 0.246 e. The monoisotopic (exact) mass is 272 g/mol. The first kappa shape index (κ1) is 13.5. The van der Waals surface area contributed by atoms with Gasteiger partial charge in [-0.15, -0.1) is 0 Å². The van der Waals surface area contributed by atoms with E-state index in [1.165, 1.54) is 12.4 Å². The first-order valence-corrected chi connectivity index (χ1v) is 7.69. The molecule has 2 rings (SSSR count). The Morgan fingerprint density at radius 1 is 1.56 bits per heavy atom. The molecule has 2 atom stereocenters. The standard InChI is InChI=1S/C11H20N4O2S/c1-9(12-2)11-5-3-4-6-15(11)18(16,17)10-7-13-14-8-10/h7-9,11-12H,3-6H2,1-2H3,(H,13,14). The van der Waals surface area contributed by atoms with Gasteiger partial charge in [0.05, 0.1) is 6.20 Å². The lowest BCUT2D eigenvalue weighted by Crippen LogP contribution is -2.52. The minimum atomic E-state index is -3.42. The van der Waals surface area contributed by atoms with Crippen LogP contribution in [-0.4, -0.2) is 48.6 Å². The van der Waals surface area contributed by atoms with Gasteiger partial charge in [0.2, 0.25) is 10.0 Å². The van der Waals surface area contributed by atoms with Crippen LogP contribution in [0.2, 0.25) is 0 Å². The molecule has 7 heteroatoms. The number of aromatic amines is 1. The topological polar surface area (TPSA) is 78.1 Å². The summed E-state index contributed by atoms with van der Waals surface area (Å²) in [5, 5.41) is 9.44. The van der Waals surface area contributed by atoms with Gasteiger partial charge in [0.15, 0.2) is 0 Å². The lowest BCUT2D eigenvalue weighted by atomic mass is 9.99. The summed E-state index contributed by atoms with van der Waals surface area (Å²) in [5.74, 6) is 0. The van der Waals surface area contributed by atoms with Crippen LogP contribution in [0.15, 0.2) is 17.3 Å². The number of piperidine rings is 1. The Kier molecular flexibility index (Phi) is 4.04. The van der Waals surface area contributed by atoms with E-state index < -0.39 is 10.0 Å². The molecule has 1 aliphatic heterocycles. The van der Waals surface area contributed by atoms with Gasteiger partial charge in [0.25, 0.3) is 0 Å². The van der Waals surface area contributed by atoms with E-state index in [1.807, 2.05) is 14.0 Å². The number of hydrogen-bond acceptors (Lipinski definition) is 4. The summed E-state index contributed by atoms with van der Waals surface area (Å²) < 4.78 is 26.6. The van der Waals surface area contributed by atoms with Gasteiger partial charge in [-0.3, -0.25) is 5.10 Å². The molecule has 2 unspecified atom stereocenters. The normalized spacial score (nSPS) is 24.0.